The Morgan fingerprint density at radius 2 is 2.33 bits per heavy atom. The van der Waals surface area contributed by atoms with Crippen molar-refractivity contribution in [2.45, 2.75) is 32.2 Å². The van der Waals surface area contributed by atoms with Gasteiger partial charge in [-0.2, -0.15) is 28.6 Å². The number of aromatic nitrogens is 2. The van der Waals surface area contributed by atoms with Gasteiger partial charge in [0, 0.05) is 42.1 Å². The molecule has 1 unspecified atom stereocenters. The van der Waals surface area contributed by atoms with Gasteiger partial charge in [0.2, 0.25) is 0 Å². The summed E-state index contributed by atoms with van der Waals surface area (Å²) in [6, 6.07) is 0. The Labute approximate surface area is 122 Å². The molecule has 1 aliphatic heterocycles. The summed E-state index contributed by atoms with van der Waals surface area (Å²) in [5.74, 6) is 3.84. The van der Waals surface area contributed by atoms with E-state index in [1.165, 1.54) is 17.3 Å². The first kappa shape index (κ1) is 14.6. The number of hydrogen-bond acceptors (Lipinski definition) is 4. The maximum Gasteiger partial charge on any atom is 0.0860 e. The standard InChI is InChI=1S/C12H20ClN3S2/c1-3-16-11(12(13)9(2)15-16)7-14-6-10-8-17-4-5-18-10/h10,14H,3-8H2,1-2H3. The summed E-state index contributed by atoms with van der Waals surface area (Å²) in [6.07, 6.45) is 0. The molecule has 3 nitrogen and oxygen atoms in total. The third-order valence-electron chi connectivity index (χ3n) is 3.00. The van der Waals surface area contributed by atoms with Gasteiger partial charge < -0.3 is 5.32 Å². The van der Waals surface area contributed by atoms with Crippen molar-refractivity contribution in [3.8, 4) is 0 Å². The summed E-state index contributed by atoms with van der Waals surface area (Å²) in [4.78, 5) is 0. The minimum Gasteiger partial charge on any atom is -0.310 e. The lowest BCUT2D eigenvalue weighted by molar-refractivity contribution is 0.580. The van der Waals surface area contributed by atoms with Gasteiger partial charge in [0.15, 0.2) is 0 Å². The van der Waals surface area contributed by atoms with Crippen molar-refractivity contribution in [2.75, 3.05) is 23.8 Å². The molecule has 1 fully saturated rings. The van der Waals surface area contributed by atoms with Crippen LogP contribution in [0.2, 0.25) is 5.02 Å². The van der Waals surface area contributed by atoms with Crippen molar-refractivity contribution in [2.24, 2.45) is 0 Å². The summed E-state index contributed by atoms with van der Waals surface area (Å²) in [6.45, 7) is 6.81. The highest BCUT2D eigenvalue weighted by Crippen LogP contribution is 2.24. The van der Waals surface area contributed by atoms with E-state index in [1.54, 1.807) is 0 Å². The van der Waals surface area contributed by atoms with Gasteiger partial charge in [-0.3, -0.25) is 4.68 Å². The van der Waals surface area contributed by atoms with Crippen LogP contribution in [0.4, 0.5) is 0 Å². The molecule has 0 amide bonds. The van der Waals surface area contributed by atoms with Gasteiger partial charge in [0.1, 0.15) is 0 Å². The highest BCUT2D eigenvalue weighted by Gasteiger charge is 2.15. The van der Waals surface area contributed by atoms with E-state index in [0.717, 1.165) is 41.3 Å². The molecule has 1 N–H and O–H groups in total. The predicted molar refractivity (Wildman–Crippen MR) is 82.9 cm³/mol. The average molecular weight is 306 g/mol. The molecule has 1 atom stereocenters. The van der Waals surface area contributed by atoms with E-state index >= 15 is 0 Å². The summed E-state index contributed by atoms with van der Waals surface area (Å²) in [5.41, 5.74) is 2.04. The lowest BCUT2D eigenvalue weighted by atomic mass is 10.3. The van der Waals surface area contributed by atoms with Crippen LogP contribution < -0.4 is 5.32 Å². The molecule has 1 aliphatic rings. The number of aryl methyl sites for hydroxylation is 2. The van der Waals surface area contributed by atoms with Gasteiger partial charge in [-0.15, -0.1) is 0 Å². The quantitative estimate of drug-likeness (QED) is 0.906. The second kappa shape index (κ2) is 7.08. The van der Waals surface area contributed by atoms with E-state index in [-0.39, 0.29) is 0 Å². The molecule has 1 saturated heterocycles. The highest BCUT2D eigenvalue weighted by molar-refractivity contribution is 8.06. The van der Waals surface area contributed by atoms with Gasteiger partial charge in [-0.25, -0.2) is 0 Å². The zero-order valence-corrected chi connectivity index (χ0v) is 13.3. The molecule has 0 spiro atoms. The molecule has 0 bridgehead atoms. The first-order valence-corrected chi connectivity index (χ1v) is 8.92. The molecule has 102 valence electrons. The first-order chi connectivity index (χ1) is 8.72. The van der Waals surface area contributed by atoms with Crippen LogP contribution in [0.25, 0.3) is 0 Å². The first-order valence-electron chi connectivity index (χ1n) is 6.34. The fourth-order valence-corrected chi connectivity index (χ4v) is 4.89. The summed E-state index contributed by atoms with van der Waals surface area (Å²) < 4.78 is 1.99. The van der Waals surface area contributed by atoms with Crippen molar-refractivity contribution in [1.29, 1.82) is 0 Å². The van der Waals surface area contributed by atoms with Crippen molar-refractivity contribution >= 4 is 35.1 Å². The molecule has 2 heterocycles. The fourth-order valence-electron chi connectivity index (χ4n) is 2.04. The average Bonchev–Trinajstić information content (AvgIpc) is 2.67. The minimum atomic E-state index is 0.738. The molecule has 6 heteroatoms. The monoisotopic (exact) mass is 305 g/mol. The largest absolute Gasteiger partial charge is 0.310 e. The van der Waals surface area contributed by atoms with E-state index in [1.807, 2.05) is 11.6 Å². The van der Waals surface area contributed by atoms with Gasteiger partial charge in [-0.1, -0.05) is 11.6 Å². The minimum absolute atomic E-state index is 0.738. The van der Waals surface area contributed by atoms with E-state index in [9.17, 15) is 0 Å². The molecule has 0 aliphatic carbocycles. The molecule has 0 aromatic carbocycles. The second-order valence-corrected chi connectivity index (χ2v) is 7.30. The maximum absolute atomic E-state index is 6.28. The number of nitrogens with one attached hydrogen (secondary N) is 1. The van der Waals surface area contributed by atoms with Crippen LogP contribution in [-0.2, 0) is 13.1 Å². The zero-order chi connectivity index (χ0) is 13.0. The summed E-state index contributed by atoms with van der Waals surface area (Å²) in [7, 11) is 0. The summed E-state index contributed by atoms with van der Waals surface area (Å²) >= 11 is 10.4. The van der Waals surface area contributed by atoms with Crippen LogP contribution >= 0.6 is 35.1 Å². The topological polar surface area (TPSA) is 29.9 Å². The Hall–Kier alpha value is 0.160. The number of halogens is 1. The fraction of sp³-hybridized carbons (Fsp3) is 0.750. The zero-order valence-electron chi connectivity index (χ0n) is 10.9. The van der Waals surface area contributed by atoms with E-state index in [4.69, 9.17) is 11.6 Å². The highest BCUT2D eigenvalue weighted by atomic mass is 35.5. The molecule has 1 aromatic heterocycles. The van der Waals surface area contributed by atoms with Gasteiger partial charge in [0.25, 0.3) is 0 Å². The SMILES string of the molecule is CCn1nc(C)c(Cl)c1CNCC1CSCCS1. The lowest BCUT2D eigenvalue weighted by Gasteiger charge is -2.21. The van der Waals surface area contributed by atoms with Crippen LogP contribution in [0, 0.1) is 6.92 Å². The molecule has 18 heavy (non-hydrogen) atoms. The van der Waals surface area contributed by atoms with E-state index in [0.29, 0.717) is 0 Å². The third kappa shape index (κ3) is 3.59. The molecule has 1 aromatic rings. The number of nitrogens with zero attached hydrogens (tertiary/aromatic N) is 2. The number of thioether (sulfide) groups is 2. The predicted octanol–water partition coefficient (Wildman–Crippen LogP) is 2.80. The summed E-state index contributed by atoms with van der Waals surface area (Å²) in [5, 5.41) is 9.50. The Morgan fingerprint density at radius 1 is 1.50 bits per heavy atom. The molecule has 0 saturated carbocycles. The van der Waals surface area contributed by atoms with Crippen LogP contribution in [0.15, 0.2) is 0 Å². The van der Waals surface area contributed by atoms with Crippen LogP contribution in [0.1, 0.15) is 18.3 Å². The maximum atomic E-state index is 6.28. The Bertz CT molecular complexity index is 389. The number of rotatable bonds is 5. The third-order valence-corrected chi connectivity index (χ3v) is 6.34. The van der Waals surface area contributed by atoms with Crippen molar-refractivity contribution in [1.82, 2.24) is 15.1 Å². The Balaban J connectivity index is 1.85. The van der Waals surface area contributed by atoms with Crippen molar-refractivity contribution < 1.29 is 0 Å². The Morgan fingerprint density at radius 3 is 3.00 bits per heavy atom. The molecule has 2 rings (SSSR count). The van der Waals surface area contributed by atoms with Crippen molar-refractivity contribution in [3.05, 3.63) is 16.4 Å². The normalized spacial score (nSPS) is 20.3. The number of hydrogen-bond donors (Lipinski definition) is 1. The van der Waals surface area contributed by atoms with Crippen LogP contribution in [0.3, 0.4) is 0 Å². The van der Waals surface area contributed by atoms with E-state index < -0.39 is 0 Å². The van der Waals surface area contributed by atoms with Crippen LogP contribution in [0.5, 0.6) is 0 Å². The second-order valence-electron chi connectivity index (χ2n) is 4.36. The van der Waals surface area contributed by atoms with Crippen molar-refractivity contribution in [3.63, 3.8) is 0 Å². The van der Waals surface area contributed by atoms with Gasteiger partial charge >= 0.3 is 0 Å². The van der Waals surface area contributed by atoms with Crippen LogP contribution in [-0.4, -0.2) is 38.8 Å². The van der Waals surface area contributed by atoms with E-state index in [2.05, 4.69) is 40.9 Å². The van der Waals surface area contributed by atoms with Gasteiger partial charge in [0.05, 0.1) is 16.4 Å². The Kier molecular flexibility index (Phi) is 5.73. The van der Waals surface area contributed by atoms with Gasteiger partial charge in [-0.05, 0) is 13.8 Å². The molecular weight excluding hydrogens is 286 g/mol. The smallest absolute Gasteiger partial charge is 0.0860 e. The molecular formula is C12H20ClN3S2. The lowest BCUT2D eigenvalue weighted by Crippen LogP contribution is -2.29. The molecule has 0 radical (unpaired) electrons.